The number of aryl methyl sites for hydroxylation is 3. The molecule has 3 heterocycles. The summed E-state index contributed by atoms with van der Waals surface area (Å²) in [4.78, 5) is 6.21. The average Bonchev–Trinajstić information content (AvgIpc) is 3.05. The van der Waals surface area contributed by atoms with Gasteiger partial charge in [-0.25, -0.2) is 0 Å². The van der Waals surface area contributed by atoms with Crippen LogP contribution in [0.1, 0.15) is 53.1 Å². The average molecular weight is 381 g/mol. The van der Waals surface area contributed by atoms with Crippen LogP contribution in [0.25, 0.3) is 5.00 Å². The summed E-state index contributed by atoms with van der Waals surface area (Å²) in [6.45, 7) is 14.3. The Labute approximate surface area is 166 Å². The van der Waals surface area contributed by atoms with Gasteiger partial charge < -0.3 is 0 Å². The molecule has 0 saturated heterocycles. The Morgan fingerprint density at radius 3 is 2.33 bits per heavy atom. The molecule has 2 aromatic heterocycles. The van der Waals surface area contributed by atoms with Crippen molar-refractivity contribution in [3.05, 3.63) is 75.7 Å². The quantitative estimate of drug-likeness (QED) is 0.505. The van der Waals surface area contributed by atoms with Crippen LogP contribution in [0.2, 0.25) is 0 Å². The van der Waals surface area contributed by atoms with Gasteiger partial charge in [0.1, 0.15) is 17.4 Å². The van der Waals surface area contributed by atoms with Crippen molar-refractivity contribution < 1.29 is 0 Å². The van der Waals surface area contributed by atoms with Gasteiger partial charge in [-0.05, 0) is 40.2 Å². The summed E-state index contributed by atoms with van der Waals surface area (Å²) in [6, 6.07) is 8.60. The van der Waals surface area contributed by atoms with E-state index in [0.717, 1.165) is 22.9 Å². The number of rotatable bonds is 1. The SMILES string of the molecule is C.C=CC.Cc1ccc(C2=NCc3nnc(C)n3-c3sc(C)c(C)c32)cc1. The molecule has 1 aliphatic heterocycles. The largest absolute Gasteiger partial charge is 0.276 e. The van der Waals surface area contributed by atoms with Crippen LogP contribution in [-0.2, 0) is 6.54 Å². The van der Waals surface area contributed by atoms with Crippen LogP contribution < -0.4 is 0 Å². The molecular weight excluding hydrogens is 352 g/mol. The zero-order valence-corrected chi connectivity index (χ0v) is 16.8. The van der Waals surface area contributed by atoms with Crippen LogP contribution in [0, 0.1) is 27.7 Å². The number of hydrogen-bond donors (Lipinski definition) is 0. The van der Waals surface area contributed by atoms with Crippen molar-refractivity contribution in [2.75, 3.05) is 0 Å². The maximum absolute atomic E-state index is 4.89. The molecule has 0 saturated carbocycles. The van der Waals surface area contributed by atoms with Gasteiger partial charge in [0.15, 0.2) is 5.82 Å². The molecule has 4 rings (SSSR count). The molecule has 3 aromatic rings. The molecule has 1 aliphatic rings. The molecule has 142 valence electrons. The molecule has 0 aliphatic carbocycles. The van der Waals surface area contributed by atoms with Crippen molar-refractivity contribution >= 4 is 17.0 Å². The van der Waals surface area contributed by atoms with Gasteiger partial charge in [-0.15, -0.1) is 28.1 Å². The highest BCUT2D eigenvalue weighted by molar-refractivity contribution is 7.15. The highest BCUT2D eigenvalue weighted by Crippen LogP contribution is 2.36. The number of fused-ring (bicyclic) bond motifs is 3. The van der Waals surface area contributed by atoms with E-state index in [1.165, 1.54) is 26.6 Å². The fraction of sp³-hybridized carbons (Fsp3) is 0.318. The number of aliphatic imine (C=N–C) groups is 1. The van der Waals surface area contributed by atoms with E-state index in [1.54, 1.807) is 17.4 Å². The fourth-order valence-electron chi connectivity index (χ4n) is 2.99. The number of nitrogens with zero attached hydrogens (tertiary/aromatic N) is 4. The van der Waals surface area contributed by atoms with Gasteiger partial charge in [0.2, 0.25) is 0 Å². The number of thiophene rings is 1. The van der Waals surface area contributed by atoms with E-state index in [4.69, 9.17) is 4.99 Å². The van der Waals surface area contributed by atoms with E-state index in [2.05, 4.69) is 66.4 Å². The van der Waals surface area contributed by atoms with Crippen molar-refractivity contribution in [2.24, 2.45) is 4.99 Å². The van der Waals surface area contributed by atoms with Gasteiger partial charge >= 0.3 is 0 Å². The molecule has 0 spiro atoms. The van der Waals surface area contributed by atoms with Crippen LogP contribution in [0.3, 0.4) is 0 Å². The van der Waals surface area contributed by atoms with Crippen LogP contribution in [-0.4, -0.2) is 20.5 Å². The minimum Gasteiger partial charge on any atom is -0.276 e. The molecule has 0 unspecified atom stereocenters. The maximum atomic E-state index is 4.89. The predicted octanol–water partition coefficient (Wildman–Crippen LogP) is 5.74. The highest BCUT2D eigenvalue weighted by Gasteiger charge is 2.26. The first-order valence-electron chi connectivity index (χ1n) is 8.68. The first kappa shape index (κ1) is 20.8. The van der Waals surface area contributed by atoms with E-state index in [0.29, 0.717) is 6.54 Å². The van der Waals surface area contributed by atoms with E-state index >= 15 is 0 Å². The van der Waals surface area contributed by atoms with Crippen LogP contribution in [0.15, 0.2) is 41.9 Å². The van der Waals surface area contributed by atoms with Crippen LogP contribution >= 0.6 is 11.3 Å². The summed E-state index contributed by atoms with van der Waals surface area (Å²) in [5, 5.41) is 9.74. The van der Waals surface area contributed by atoms with Gasteiger partial charge in [0.05, 0.1) is 5.71 Å². The minimum absolute atomic E-state index is 0. The lowest BCUT2D eigenvalue weighted by atomic mass is 9.99. The molecule has 0 atom stereocenters. The number of benzene rings is 1. The summed E-state index contributed by atoms with van der Waals surface area (Å²) in [7, 11) is 0. The Bertz CT molecular complexity index is 975. The lowest BCUT2D eigenvalue weighted by Gasteiger charge is -2.09. The predicted molar refractivity (Wildman–Crippen MR) is 117 cm³/mol. The Kier molecular flexibility index (Phi) is 6.50. The van der Waals surface area contributed by atoms with Gasteiger partial charge in [-0.1, -0.05) is 43.3 Å². The number of aromatic nitrogens is 3. The molecule has 4 nitrogen and oxygen atoms in total. The molecular formula is C22H28N4S. The first-order valence-corrected chi connectivity index (χ1v) is 9.49. The third kappa shape index (κ3) is 3.78. The second-order valence-electron chi connectivity index (χ2n) is 6.40. The molecule has 5 heteroatoms. The summed E-state index contributed by atoms with van der Waals surface area (Å²) in [5.74, 6) is 1.83. The smallest absolute Gasteiger partial charge is 0.160 e. The summed E-state index contributed by atoms with van der Waals surface area (Å²) < 4.78 is 2.16. The van der Waals surface area contributed by atoms with Gasteiger partial charge in [-0.2, -0.15) is 0 Å². The third-order valence-electron chi connectivity index (χ3n) is 4.40. The van der Waals surface area contributed by atoms with E-state index in [9.17, 15) is 0 Å². The first-order chi connectivity index (χ1) is 12.5. The molecule has 1 aromatic carbocycles. The topological polar surface area (TPSA) is 43.1 Å². The summed E-state index contributed by atoms with van der Waals surface area (Å²) in [6.07, 6.45) is 1.75. The van der Waals surface area contributed by atoms with E-state index in [1.807, 2.05) is 13.8 Å². The van der Waals surface area contributed by atoms with Crippen LogP contribution in [0.4, 0.5) is 0 Å². The van der Waals surface area contributed by atoms with Crippen molar-refractivity contribution in [3.63, 3.8) is 0 Å². The van der Waals surface area contributed by atoms with Crippen molar-refractivity contribution in [3.8, 4) is 5.00 Å². The molecule has 0 fully saturated rings. The monoisotopic (exact) mass is 380 g/mol. The minimum atomic E-state index is 0. The van der Waals surface area contributed by atoms with Crippen molar-refractivity contribution in [2.45, 2.75) is 48.6 Å². The van der Waals surface area contributed by atoms with Gasteiger partial charge in [-0.3, -0.25) is 9.56 Å². The van der Waals surface area contributed by atoms with E-state index in [-0.39, 0.29) is 7.43 Å². The second kappa shape index (κ2) is 8.44. The lowest BCUT2D eigenvalue weighted by Crippen LogP contribution is -2.07. The van der Waals surface area contributed by atoms with Gasteiger partial charge in [0.25, 0.3) is 0 Å². The lowest BCUT2D eigenvalue weighted by molar-refractivity contribution is 0.869. The molecule has 0 amide bonds. The summed E-state index contributed by atoms with van der Waals surface area (Å²) in [5.41, 5.74) is 6.00. The Hall–Kier alpha value is -2.53. The van der Waals surface area contributed by atoms with Gasteiger partial charge in [0, 0.05) is 16.0 Å². The zero-order chi connectivity index (χ0) is 18.8. The Morgan fingerprint density at radius 1 is 1.07 bits per heavy atom. The summed E-state index contributed by atoms with van der Waals surface area (Å²) >= 11 is 1.80. The molecule has 0 radical (unpaired) electrons. The molecule has 0 N–H and O–H groups in total. The van der Waals surface area contributed by atoms with Crippen LogP contribution in [0.5, 0.6) is 0 Å². The number of allylic oxidation sites excluding steroid dienone is 1. The fourth-order valence-corrected chi connectivity index (χ4v) is 4.22. The maximum Gasteiger partial charge on any atom is 0.160 e. The zero-order valence-electron chi connectivity index (χ0n) is 16.0. The van der Waals surface area contributed by atoms with Crippen molar-refractivity contribution in [1.29, 1.82) is 0 Å². The Morgan fingerprint density at radius 2 is 1.70 bits per heavy atom. The second-order valence-corrected chi connectivity index (χ2v) is 7.60. The third-order valence-corrected chi connectivity index (χ3v) is 5.59. The number of hydrogen-bond acceptors (Lipinski definition) is 4. The normalized spacial score (nSPS) is 11.8. The van der Waals surface area contributed by atoms with Crippen molar-refractivity contribution in [1.82, 2.24) is 14.8 Å². The standard InChI is InChI=1S/C18H18N4S.C3H6.CH4/c1-10-5-7-14(8-6-10)17-16-11(2)12(3)23-18(16)22-13(4)20-21-15(22)9-19-17;1-3-2;/h5-8H,9H2,1-4H3;3H,1H2,2H3;1H4. The molecule has 0 bridgehead atoms. The molecule has 27 heavy (non-hydrogen) atoms. The Balaban J connectivity index is 0.000000614. The van der Waals surface area contributed by atoms with E-state index < -0.39 is 0 Å². The highest BCUT2D eigenvalue weighted by atomic mass is 32.1.